The van der Waals surface area contributed by atoms with Gasteiger partial charge in [0.05, 0.1) is 48.9 Å². The normalized spacial score (nSPS) is 27.6. The predicted molar refractivity (Wildman–Crippen MR) is 397 cm³/mol. The maximum absolute atomic E-state index is 13.6. The SMILES string of the molecule is Cc1cc(OC(=O)C23CC4CC(CC(C4)C2)C3)ccc1[S+](c1ccccc1)c1ccccc1.Cc1cc([S+](c2ccccc2)c2ccccc2)cc(C)c1OC(=O)C12CC3CC(CC(C3)C1)C2.O=C(Oc1ccc([S+](c2ccccc2)c2ccccc2)cc1)C12CC3CC(CC(C3)C1)C2. The summed E-state index contributed by atoms with van der Waals surface area (Å²) in [5, 5.41) is 0. The Balaban J connectivity index is 0.000000116. The highest BCUT2D eigenvalue weighted by molar-refractivity contribution is 7.97. The van der Waals surface area contributed by atoms with Crippen molar-refractivity contribution in [3.8, 4) is 17.2 Å². The molecule has 504 valence electrons. The molecule has 12 aliphatic carbocycles. The molecule has 0 spiro atoms. The summed E-state index contributed by atoms with van der Waals surface area (Å²) in [6, 6.07) is 83.0. The van der Waals surface area contributed by atoms with Crippen LogP contribution in [0.2, 0.25) is 0 Å². The lowest BCUT2D eigenvalue weighted by Crippen LogP contribution is -2.51. The molecule has 0 heterocycles. The van der Waals surface area contributed by atoms with Crippen LogP contribution in [0.3, 0.4) is 0 Å². The van der Waals surface area contributed by atoms with Crippen LogP contribution in [0.1, 0.15) is 132 Å². The van der Waals surface area contributed by atoms with Gasteiger partial charge in [-0.05, 0) is 316 Å². The first kappa shape index (κ1) is 66.0. The molecule has 6 nitrogen and oxygen atoms in total. The van der Waals surface area contributed by atoms with Crippen molar-refractivity contribution in [3.05, 3.63) is 253 Å². The Bertz CT molecular complexity index is 4090. The summed E-state index contributed by atoms with van der Waals surface area (Å²) in [5.74, 6) is 8.91. The van der Waals surface area contributed by atoms with Crippen LogP contribution in [0.15, 0.2) is 281 Å². The van der Waals surface area contributed by atoms with Crippen molar-refractivity contribution < 1.29 is 28.6 Å². The second kappa shape index (κ2) is 28.1. The smallest absolute Gasteiger partial charge is 0.317 e. The molecule has 12 bridgehead atoms. The van der Waals surface area contributed by atoms with E-state index in [1.165, 1.54) is 107 Å². The van der Waals surface area contributed by atoms with Gasteiger partial charge < -0.3 is 14.2 Å². The molecule has 9 aromatic carbocycles. The summed E-state index contributed by atoms with van der Waals surface area (Å²) in [5.41, 5.74) is 2.60. The fourth-order valence-corrected chi connectivity index (χ4v) is 27.6. The number of rotatable bonds is 15. The Kier molecular flexibility index (Phi) is 18.7. The first-order chi connectivity index (χ1) is 48.3. The molecule has 0 unspecified atom stereocenters. The van der Waals surface area contributed by atoms with Crippen LogP contribution < -0.4 is 14.2 Å². The zero-order valence-electron chi connectivity index (χ0n) is 57.6. The molecular formula is C90H93O6S3+3. The van der Waals surface area contributed by atoms with Gasteiger partial charge >= 0.3 is 17.9 Å². The average Bonchev–Trinajstić information content (AvgIpc) is 0.746. The Hall–Kier alpha value is -7.56. The molecule has 12 aliphatic rings. The summed E-state index contributed by atoms with van der Waals surface area (Å²) in [7, 11) is -0.587. The molecule has 99 heavy (non-hydrogen) atoms. The van der Waals surface area contributed by atoms with Crippen LogP contribution in [-0.2, 0) is 47.1 Å². The number of carbonyl (C=O) groups excluding carboxylic acids is 3. The number of esters is 3. The summed E-state index contributed by atoms with van der Waals surface area (Å²) in [6.45, 7) is 6.33. The van der Waals surface area contributed by atoms with E-state index in [9.17, 15) is 14.4 Å². The molecule has 9 aromatic rings. The summed E-state index contributed by atoms with van der Waals surface area (Å²) < 4.78 is 18.4. The molecule has 0 N–H and O–H groups in total. The number of ether oxygens (including phenoxy) is 3. The first-order valence-corrected chi connectivity index (χ1v) is 40.5. The topological polar surface area (TPSA) is 78.9 Å². The molecule has 9 heteroatoms. The van der Waals surface area contributed by atoms with Gasteiger partial charge in [0.1, 0.15) is 17.2 Å². The van der Waals surface area contributed by atoms with Gasteiger partial charge in [-0.15, -0.1) is 0 Å². The second-order valence-electron chi connectivity index (χ2n) is 31.3. The molecular weight excluding hydrogens is 1270 g/mol. The fourth-order valence-electron chi connectivity index (χ4n) is 21.0. The van der Waals surface area contributed by atoms with Gasteiger partial charge in [-0.1, -0.05) is 109 Å². The molecule has 21 rings (SSSR count). The van der Waals surface area contributed by atoms with Crippen molar-refractivity contribution >= 4 is 50.6 Å². The van der Waals surface area contributed by atoms with Gasteiger partial charge in [-0.25, -0.2) is 0 Å². The number of benzene rings is 9. The van der Waals surface area contributed by atoms with E-state index in [0.717, 1.165) is 128 Å². The number of hydrogen-bond acceptors (Lipinski definition) is 6. The van der Waals surface area contributed by atoms with E-state index in [-0.39, 0.29) is 66.8 Å². The highest BCUT2D eigenvalue weighted by Gasteiger charge is 2.58. The summed E-state index contributed by atoms with van der Waals surface area (Å²) in [4.78, 5) is 51.9. The maximum atomic E-state index is 13.6. The Morgan fingerprint density at radius 3 is 0.828 bits per heavy atom. The zero-order chi connectivity index (χ0) is 67.2. The predicted octanol–water partition coefficient (Wildman–Crippen LogP) is 21.6. The van der Waals surface area contributed by atoms with E-state index < -0.39 is 0 Å². The third kappa shape index (κ3) is 13.8. The zero-order valence-corrected chi connectivity index (χ0v) is 60.1. The average molecular weight is 1370 g/mol. The molecule has 0 aliphatic heterocycles. The Morgan fingerprint density at radius 1 is 0.273 bits per heavy atom. The third-order valence-corrected chi connectivity index (χ3v) is 30.8. The maximum Gasteiger partial charge on any atom is 0.317 e. The van der Waals surface area contributed by atoms with E-state index in [0.29, 0.717) is 11.5 Å². The molecule has 0 amide bonds. The van der Waals surface area contributed by atoms with Crippen molar-refractivity contribution in [2.75, 3.05) is 0 Å². The van der Waals surface area contributed by atoms with Crippen molar-refractivity contribution in [2.45, 2.75) is 180 Å². The second-order valence-corrected chi connectivity index (χ2v) is 37.4. The number of hydrogen-bond donors (Lipinski definition) is 0. The standard InChI is InChI=1S/C31H33O2S.C30H31O2S.C29H29O2S/c1-21-13-28(34(26-9-5-3-6-10-26)27-11-7-4-8-12-27)14-22(2)29(21)33-30(32)31-18-23-15-24(19-31)17-25(16-23)20-31;1-21-14-25(32-29(31)30-18-22-15-23(19-30)17-24(16-22)20-30)12-13-28(21)33(26-8-4-2-5-9-26)27-10-6-3-7-11-27;30-28(29-18-21-15-22(19-29)17-23(16-21)20-29)31-24-11-13-27(14-12-24)32(25-7-3-1-4-8-25)26-9-5-2-6-10-26/h3-14,23-25H,15-20H2,1-2H3;2-14,22-24H,15-20H2,1H3;1-14,21-23H,15-20H2/q3*+1. The van der Waals surface area contributed by atoms with E-state index in [1.54, 1.807) is 0 Å². The first-order valence-electron chi connectivity index (χ1n) is 36.8. The lowest BCUT2D eigenvalue weighted by Gasteiger charge is -2.55. The lowest BCUT2D eigenvalue weighted by atomic mass is 9.49. The minimum atomic E-state index is -0.231. The minimum absolute atomic E-state index is 0.0227. The fraction of sp³-hybridized carbons (Fsp3) is 0.367. The molecule has 0 atom stereocenters. The quantitative estimate of drug-likeness (QED) is 0.0578. The van der Waals surface area contributed by atoms with Crippen LogP contribution >= 0.6 is 0 Å². The van der Waals surface area contributed by atoms with Gasteiger partial charge in [0, 0.05) is 17.7 Å². The van der Waals surface area contributed by atoms with E-state index in [2.05, 4.69) is 239 Å². The highest BCUT2D eigenvalue weighted by atomic mass is 32.2. The van der Waals surface area contributed by atoms with E-state index in [4.69, 9.17) is 14.2 Å². The van der Waals surface area contributed by atoms with Crippen LogP contribution in [0.4, 0.5) is 0 Å². The van der Waals surface area contributed by atoms with Gasteiger partial charge in [0.2, 0.25) is 0 Å². The Labute approximate surface area is 595 Å². The van der Waals surface area contributed by atoms with Crippen LogP contribution in [0.5, 0.6) is 17.2 Å². The molecule has 0 aromatic heterocycles. The monoisotopic (exact) mass is 1370 g/mol. The summed E-state index contributed by atoms with van der Waals surface area (Å²) >= 11 is 0. The van der Waals surface area contributed by atoms with Crippen molar-refractivity contribution in [1.29, 1.82) is 0 Å². The largest absolute Gasteiger partial charge is 0.426 e. The third-order valence-electron chi connectivity index (χ3n) is 24.0. The Morgan fingerprint density at radius 2 is 0.525 bits per heavy atom. The summed E-state index contributed by atoms with van der Waals surface area (Å²) in [6.07, 6.45) is 21.4. The highest BCUT2D eigenvalue weighted by Crippen LogP contribution is 2.63. The van der Waals surface area contributed by atoms with Gasteiger partial charge in [-0.3, -0.25) is 14.4 Å². The van der Waals surface area contributed by atoms with Crippen LogP contribution in [0.25, 0.3) is 0 Å². The van der Waals surface area contributed by atoms with Crippen molar-refractivity contribution in [1.82, 2.24) is 0 Å². The van der Waals surface area contributed by atoms with Gasteiger partial charge in [-0.2, -0.15) is 0 Å². The van der Waals surface area contributed by atoms with Crippen LogP contribution in [0, 0.1) is 90.3 Å². The number of carbonyl (C=O) groups is 3. The van der Waals surface area contributed by atoms with Crippen molar-refractivity contribution in [2.24, 2.45) is 69.5 Å². The van der Waals surface area contributed by atoms with Gasteiger partial charge in [0.15, 0.2) is 44.1 Å². The minimum Gasteiger partial charge on any atom is -0.426 e. The lowest BCUT2D eigenvalue weighted by molar-refractivity contribution is -0.162. The van der Waals surface area contributed by atoms with E-state index in [1.807, 2.05) is 18.2 Å². The molecule has 12 saturated carbocycles. The molecule has 0 saturated heterocycles. The van der Waals surface area contributed by atoms with Crippen LogP contribution in [-0.4, -0.2) is 17.9 Å². The van der Waals surface area contributed by atoms with Gasteiger partial charge in [0.25, 0.3) is 0 Å². The van der Waals surface area contributed by atoms with E-state index >= 15 is 0 Å². The molecule has 0 radical (unpaired) electrons. The number of aryl methyl sites for hydroxylation is 3. The molecule has 12 fully saturated rings. The van der Waals surface area contributed by atoms with Crippen molar-refractivity contribution in [3.63, 3.8) is 0 Å².